The van der Waals surface area contributed by atoms with Crippen molar-refractivity contribution in [3.63, 3.8) is 0 Å². The number of ether oxygens (including phenoxy) is 1. The standard InChI is InChI=1S/C25H17N3O/c1-29-18-14-12-17(13-15-18)24-26-20-9-3-2-8-19(20)25-27-21-10-4-6-16-7-5-11-22(23(16)21)28(24)25/h2-15H,1H3. The largest absolute Gasteiger partial charge is 0.497 e. The molecule has 0 saturated carbocycles. The molecule has 0 aromatic heterocycles. The first-order valence-electron chi connectivity index (χ1n) is 9.56. The van der Waals surface area contributed by atoms with Gasteiger partial charge in [-0.05, 0) is 53.9 Å². The van der Waals surface area contributed by atoms with Crippen molar-refractivity contribution < 1.29 is 4.74 Å². The van der Waals surface area contributed by atoms with Crippen molar-refractivity contribution in [2.45, 2.75) is 0 Å². The van der Waals surface area contributed by atoms with E-state index < -0.39 is 0 Å². The molecule has 0 unspecified atom stereocenters. The molecule has 0 N–H and O–H groups in total. The maximum absolute atomic E-state index is 5.34. The Bertz CT molecular complexity index is 1330. The van der Waals surface area contributed by atoms with Gasteiger partial charge in [0.1, 0.15) is 17.4 Å². The Kier molecular flexibility index (Phi) is 3.35. The van der Waals surface area contributed by atoms with Crippen molar-refractivity contribution in [2.24, 2.45) is 9.98 Å². The molecule has 0 amide bonds. The number of hydrogen-bond acceptors (Lipinski definition) is 4. The van der Waals surface area contributed by atoms with Crippen LogP contribution in [0.1, 0.15) is 11.1 Å². The zero-order chi connectivity index (χ0) is 19.4. The molecular weight excluding hydrogens is 358 g/mol. The summed E-state index contributed by atoms with van der Waals surface area (Å²) in [5.74, 6) is 2.60. The van der Waals surface area contributed by atoms with Gasteiger partial charge < -0.3 is 4.74 Å². The number of methoxy groups -OCH3 is 1. The van der Waals surface area contributed by atoms with Gasteiger partial charge in [-0.1, -0.05) is 36.4 Å². The zero-order valence-corrected chi connectivity index (χ0v) is 15.8. The molecule has 4 heteroatoms. The van der Waals surface area contributed by atoms with Crippen LogP contribution in [0.4, 0.5) is 17.1 Å². The molecule has 0 atom stereocenters. The highest BCUT2D eigenvalue weighted by Gasteiger charge is 2.32. The Morgan fingerprint density at radius 2 is 1.41 bits per heavy atom. The van der Waals surface area contributed by atoms with Crippen molar-refractivity contribution in [3.05, 3.63) is 96.1 Å². The average Bonchev–Trinajstić information content (AvgIpc) is 2.79. The van der Waals surface area contributed by atoms with Gasteiger partial charge in [0.05, 0.1) is 24.2 Å². The maximum Gasteiger partial charge on any atom is 0.148 e. The van der Waals surface area contributed by atoms with Crippen LogP contribution in [0.5, 0.6) is 5.75 Å². The number of fused-ring (bicyclic) bond motifs is 4. The van der Waals surface area contributed by atoms with Crippen molar-refractivity contribution >= 4 is 39.5 Å². The van der Waals surface area contributed by atoms with E-state index in [0.29, 0.717) is 0 Å². The molecule has 0 spiro atoms. The fraction of sp³-hybridized carbons (Fsp3) is 0.0400. The molecule has 29 heavy (non-hydrogen) atoms. The van der Waals surface area contributed by atoms with Crippen LogP contribution in [0.25, 0.3) is 10.8 Å². The van der Waals surface area contributed by atoms with E-state index >= 15 is 0 Å². The SMILES string of the molecule is COc1ccc(C2=Nc3ccccc3C3=Nc4cccc5cccc(c45)N23)cc1. The minimum atomic E-state index is 0.825. The van der Waals surface area contributed by atoms with Crippen molar-refractivity contribution in [3.8, 4) is 5.75 Å². The quantitative estimate of drug-likeness (QED) is 0.441. The molecule has 0 saturated heterocycles. The van der Waals surface area contributed by atoms with Gasteiger partial charge in [0.2, 0.25) is 0 Å². The molecule has 4 nitrogen and oxygen atoms in total. The summed E-state index contributed by atoms with van der Waals surface area (Å²) in [5, 5.41) is 2.33. The van der Waals surface area contributed by atoms with Crippen LogP contribution >= 0.6 is 0 Å². The van der Waals surface area contributed by atoms with Gasteiger partial charge in [-0.3, -0.25) is 4.90 Å². The Morgan fingerprint density at radius 3 is 2.24 bits per heavy atom. The molecule has 0 aliphatic carbocycles. The number of anilines is 1. The third kappa shape index (κ3) is 2.32. The molecule has 4 aromatic carbocycles. The first-order valence-corrected chi connectivity index (χ1v) is 9.56. The first-order chi connectivity index (χ1) is 14.3. The molecule has 0 fully saturated rings. The second kappa shape index (κ2) is 6.04. The van der Waals surface area contributed by atoms with Crippen molar-refractivity contribution in [2.75, 3.05) is 12.0 Å². The van der Waals surface area contributed by atoms with Crippen molar-refractivity contribution in [1.29, 1.82) is 0 Å². The van der Waals surface area contributed by atoms with Crippen molar-refractivity contribution in [1.82, 2.24) is 0 Å². The predicted molar refractivity (Wildman–Crippen MR) is 118 cm³/mol. The molecular formula is C25H17N3O. The van der Waals surface area contributed by atoms with E-state index in [2.05, 4.69) is 47.4 Å². The highest BCUT2D eigenvalue weighted by Crippen LogP contribution is 2.43. The summed E-state index contributed by atoms with van der Waals surface area (Å²) in [6.45, 7) is 0. The number of aliphatic imine (C=N–C) groups is 2. The van der Waals surface area contributed by atoms with E-state index in [9.17, 15) is 0 Å². The molecule has 0 bridgehead atoms. The number of benzene rings is 4. The third-order valence-corrected chi connectivity index (χ3v) is 5.47. The predicted octanol–water partition coefficient (Wildman–Crippen LogP) is 5.84. The molecule has 2 aliphatic rings. The van der Waals surface area contributed by atoms with E-state index in [4.69, 9.17) is 14.7 Å². The second-order valence-electron chi connectivity index (χ2n) is 7.10. The monoisotopic (exact) mass is 375 g/mol. The Labute approximate surface area is 168 Å². The lowest BCUT2D eigenvalue weighted by Crippen LogP contribution is -2.41. The van der Waals surface area contributed by atoms with Gasteiger partial charge in [-0.15, -0.1) is 0 Å². The molecule has 0 radical (unpaired) electrons. The number of amidine groups is 2. The van der Waals surface area contributed by atoms with Crippen LogP contribution in [0.2, 0.25) is 0 Å². The Balaban J connectivity index is 1.67. The van der Waals surface area contributed by atoms with Gasteiger partial charge in [-0.2, -0.15) is 0 Å². The number of para-hydroxylation sites is 1. The summed E-state index contributed by atoms with van der Waals surface area (Å²) >= 11 is 0. The van der Waals surface area contributed by atoms with Crippen LogP contribution in [0.3, 0.4) is 0 Å². The summed E-state index contributed by atoms with van der Waals surface area (Å²) < 4.78 is 5.34. The van der Waals surface area contributed by atoms with E-state index in [0.717, 1.165) is 51.0 Å². The minimum absolute atomic E-state index is 0.825. The molecule has 138 valence electrons. The molecule has 6 rings (SSSR count). The summed E-state index contributed by atoms with van der Waals surface area (Å²) in [6, 6.07) is 28.8. The van der Waals surface area contributed by atoms with E-state index in [1.807, 2.05) is 42.5 Å². The Hall–Kier alpha value is -3.92. The smallest absolute Gasteiger partial charge is 0.148 e. The molecule has 2 heterocycles. The molecule has 4 aromatic rings. The van der Waals surface area contributed by atoms with Crippen LogP contribution in [0, 0.1) is 0 Å². The Morgan fingerprint density at radius 1 is 0.690 bits per heavy atom. The molecule has 2 aliphatic heterocycles. The lowest BCUT2D eigenvalue weighted by Gasteiger charge is -2.35. The van der Waals surface area contributed by atoms with Crippen LogP contribution in [-0.4, -0.2) is 18.8 Å². The number of rotatable bonds is 2. The van der Waals surface area contributed by atoms with Crippen LogP contribution in [0.15, 0.2) is 94.9 Å². The summed E-state index contributed by atoms with van der Waals surface area (Å²) in [4.78, 5) is 12.3. The summed E-state index contributed by atoms with van der Waals surface area (Å²) in [5.41, 5.74) is 5.09. The van der Waals surface area contributed by atoms with Gasteiger partial charge >= 0.3 is 0 Å². The van der Waals surface area contributed by atoms with Crippen LogP contribution in [-0.2, 0) is 0 Å². The zero-order valence-electron chi connectivity index (χ0n) is 15.8. The van der Waals surface area contributed by atoms with Gasteiger partial charge in [-0.25, -0.2) is 9.98 Å². The van der Waals surface area contributed by atoms with E-state index in [1.54, 1.807) is 7.11 Å². The topological polar surface area (TPSA) is 37.2 Å². The lowest BCUT2D eigenvalue weighted by molar-refractivity contribution is 0.415. The highest BCUT2D eigenvalue weighted by molar-refractivity contribution is 6.37. The summed E-state index contributed by atoms with van der Waals surface area (Å²) in [6.07, 6.45) is 0. The third-order valence-electron chi connectivity index (χ3n) is 5.47. The maximum atomic E-state index is 5.34. The first kappa shape index (κ1) is 16.1. The normalized spacial score (nSPS) is 14.0. The fourth-order valence-electron chi connectivity index (χ4n) is 4.11. The minimum Gasteiger partial charge on any atom is -0.497 e. The van der Waals surface area contributed by atoms with Gasteiger partial charge in [0.25, 0.3) is 0 Å². The van der Waals surface area contributed by atoms with E-state index in [-0.39, 0.29) is 0 Å². The lowest BCUT2D eigenvalue weighted by atomic mass is 9.99. The summed E-state index contributed by atoms with van der Waals surface area (Å²) in [7, 11) is 1.68. The fourth-order valence-corrected chi connectivity index (χ4v) is 4.11. The van der Waals surface area contributed by atoms with Gasteiger partial charge in [0.15, 0.2) is 0 Å². The van der Waals surface area contributed by atoms with Crippen LogP contribution < -0.4 is 9.64 Å². The number of hydrogen-bond donors (Lipinski definition) is 0. The van der Waals surface area contributed by atoms with E-state index in [1.165, 1.54) is 5.39 Å². The van der Waals surface area contributed by atoms with Gasteiger partial charge in [0, 0.05) is 16.5 Å². The number of nitrogens with zero attached hydrogens (tertiary/aromatic N) is 3. The highest BCUT2D eigenvalue weighted by atomic mass is 16.5. The average molecular weight is 375 g/mol. The second-order valence-corrected chi connectivity index (χ2v) is 7.10.